The number of nitrogens with zero attached hydrogens (tertiary/aromatic N) is 1. The molecule has 0 aromatic heterocycles. The summed E-state index contributed by atoms with van der Waals surface area (Å²) in [7, 11) is 0. The van der Waals surface area contributed by atoms with Gasteiger partial charge in [0, 0.05) is 19.6 Å². The maximum atomic E-state index is 11.4. The number of carbonyl (C=O) groups is 1. The number of hydrogen-bond acceptors (Lipinski definition) is 5. The quantitative estimate of drug-likeness (QED) is 0.542. The summed E-state index contributed by atoms with van der Waals surface area (Å²) in [6.45, 7) is 7.69. The first-order valence-electron chi connectivity index (χ1n) is 7.95. The number of benzene rings is 1. The zero-order valence-corrected chi connectivity index (χ0v) is 13.3. The molecule has 1 heterocycles. The Morgan fingerprint density at radius 3 is 2.64 bits per heavy atom. The normalized spacial score (nSPS) is 15.5. The second-order valence-corrected chi connectivity index (χ2v) is 5.28. The summed E-state index contributed by atoms with van der Waals surface area (Å²) in [4.78, 5) is 13.8. The third-order valence-electron chi connectivity index (χ3n) is 3.57. The first kappa shape index (κ1) is 16.8. The Morgan fingerprint density at radius 2 is 1.95 bits per heavy atom. The van der Waals surface area contributed by atoms with E-state index in [-0.39, 0.29) is 5.97 Å². The van der Waals surface area contributed by atoms with E-state index in [2.05, 4.69) is 4.90 Å². The zero-order valence-electron chi connectivity index (χ0n) is 13.3. The molecule has 1 aromatic carbocycles. The highest BCUT2D eigenvalue weighted by atomic mass is 16.5. The molecule has 0 amide bonds. The lowest BCUT2D eigenvalue weighted by molar-refractivity contribution is -0.142. The lowest BCUT2D eigenvalue weighted by atomic mass is 10.1. The number of esters is 1. The molecule has 122 valence electrons. The van der Waals surface area contributed by atoms with Gasteiger partial charge in [0.1, 0.15) is 5.75 Å². The van der Waals surface area contributed by atoms with Crippen molar-refractivity contribution in [2.45, 2.75) is 19.8 Å². The lowest BCUT2D eigenvalue weighted by Gasteiger charge is -2.26. The van der Waals surface area contributed by atoms with Crippen LogP contribution in [0.1, 0.15) is 18.9 Å². The van der Waals surface area contributed by atoms with E-state index in [1.165, 1.54) is 0 Å². The molecule has 1 saturated heterocycles. The molecular formula is C17H25NO4. The number of morpholine rings is 1. The Hall–Kier alpha value is -1.59. The van der Waals surface area contributed by atoms with Crippen molar-refractivity contribution in [1.82, 2.24) is 4.90 Å². The molecule has 5 nitrogen and oxygen atoms in total. The number of carbonyl (C=O) groups excluding carboxylic acids is 1. The Kier molecular flexibility index (Phi) is 7.19. The summed E-state index contributed by atoms with van der Waals surface area (Å²) in [6.07, 6.45) is 1.32. The van der Waals surface area contributed by atoms with Gasteiger partial charge in [-0.25, -0.2) is 0 Å². The predicted molar refractivity (Wildman–Crippen MR) is 84.2 cm³/mol. The topological polar surface area (TPSA) is 48.0 Å². The van der Waals surface area contributed by atoms with Crippen molar-refractivity contribution in [3.05, 3.63) is 29.8 Å². The number of ether oxygens (including phenoxy) is 3. The average molecular weight is 307 g/mol. The second kappa shape index (κ2) is 9.43. The van der Waals surface area contributed by atoms with E-state index >= 15 is 0 Å². The van der Waals surface area contributed by atoms with Crippen LogP contribution < -0.4 is 4.74 Å². The molecular weight excluding hydrogens is 282 g/mol. The molecule has 0 aliphatic carbocycles. The summed E-state index contributed by atoms with van der Waals surface area (Å²) < 4.78 is 16.0. The van der Waals surface area contributed by atoms with Crippen LogP contribution in [0.5, 0.6) is 5.75 Å². The van der Waals surface area contributed by atoms with Gasteiger partial charge in [0.2, 0.25) is 0 Å². The van der Waals surface area contributed by atoms with Gasteiger partial charge in [0.25, 0.3) is 0 Å². The summed E-state index contributed by atoms with van der Waals surface area (Å²) in [6, 6.07) is 7.63. The Bertz CT molecular complexity index is 440. The Morgan fingerprint density at radius 1 is 1.23 bits per heavy atom. The third-order valence-corrected chi connectivity index (χ3v) is 3.57. The molecule has 1 aromatic rings. The van der Waals surface area contributed by atoms with E-state index in [4.69, 9.17) is 14.2 Å². The van der Waals surface area contributed by atoms with Crippen molar-refractivity contribution in [3.63, 3.8) is 0 Å². The van der Waals surface area contributed by atoms with E-state index in [0.29, 0.717) is 19.6 Å². The van der Waals surface area contributed by atoms with E-state index in [1.807, 2.05) is 31.2 Å². The van der Waals surface area contributed by atoms with Crippen LogP contribution in [-0.4, -0.2) is 56.9 Å². The molecule has 0 N–H and O–H groups in total. The molecule has 0 radical (unpaired) electrons. The van der Waals surface area contributed by atoms with Gasteiger partial charge in [-0.3, -0.25) is 9.69 Å². The van der Waals surface area contributed by atoms with Crippen LogP contribution in [0, 0.1) is 0 Å². The van der Waals surface area contributed by atoms with Gasteiger partial charge in [-0.1, -0.05) is 12.1 Å². The minimum Gasteiger partial charge on any atom is -0.494 e. The minimum atomic E-state index is -0.193. The highest BCUT2D eigenvalue weighted by molar-refractivity contribution is 5.72. The fraction of sp³-hybridized carbons (Fsp3) is 0.588. The van der Waals surface area contributed by atoms with Crippen molar-refractivity contribution in [2.24, 2.45) is 0 Å². The monoisotopic (exact) mass is 307 g/mol. The van der Waals surface area contributed by atoms with Crippen molar-refractivity contribution >= 4 is 5.97 Å². The summed E-state index contributed by atoms with van der Waals surface area (Å²) in [5, 5.41) is 0. The molecule has 1 fully saturated rings. The molecule has 0 atom stereocenters. The standard InChI is InChI=1S/C17H25NO4/c1-2-21-17(19)14-15-4-6-16(7-5-15)22-11-3-8-18-9-12-20-13-10-18/h4-7H,2-3,8-14H2,1H3. The minimum absolute atomic E-state index is 0.193. The highest BCUT2D eigenvalue weighted by Crippen LogP contribution is 2.13. The van der Waals surface area contributed by atoms with Crippen LogP contribution >= 0.6 is 0 Å². The van der Waals surface area contributed by atoms with Crippen LogP contribution in [-0.2, 0) is 20.7 Å². The van der Waals surface area contributed by atoms with E-state index < -0.39 is 0 Å². The largest absolute Gasteiger partial charge is 0.494 e. The molecule has 5 heteroatoms. The summed E-state index contributed by atoms with van der Waals surface area (Å²) in [5.74, 6) is 0.649. The van der Waals surface area contributed by atoms with Gasteiger partial charge in [-0.2, -0.15) is 0 Å². The van der Waals surface area contributed by atoms with Crippen LogP contribution in [0.25, 0.3) is 0 Å². The molecule has 2 rings (SSSR count). The molecule has 1 aliphatic heterocycles. The Labute approximate surface area is 132 Å². The van der Waals surface area contributed by atoms with E-state index in [9.17, 15) is 4.79 Å². The first-order valence-corrected chi connectivity index (χ1v) is 7.95. The summed E-state index contributed by atoms with van der Waals surface area (Å²) >= 11 is 0. The van der Waals surface area contributed by atoms with Gasteiger partial charge in [0.05, 0.1) is 32.8 Å². The molecule has 22 heavy (non-hydrogen) atoms. The van der Waals surface area contributed by atoms with Gasteiger partial charge >= 0.3 is 5.97 Å². The first-order chi connectivity index (χ1) is 10.8. The maximum Gasteiger partial charge on any atom is 0.310 e. The average Bonchev–Trinajstić information content (AvgIpc) is 2.54. The zero-order chi connectivity index (χ0) is 15.6. The lowest BCUT2D eigenvalue weighted by Crippen LogP contribution is -2.37. The van der Waals surface area contributed by atoms with Crippen LogP contribution in [0.4, 0.5) is 0 Å². The van der Waals surface area contributed by atoms with E-state index in [0.717, 1.165) is 50.6 Å². The van der Waals surface area contributed by atoms with Crippen LogP contribution in [0.3, 0.4) is 0 Å². The third kappa shape index (κ3) is 6.03. The number of rotatable bonds is 8. The fourth-order valence-electron chi connectivity index (χ4n) is 2.39. The molecule has 1 aliphatic rings. The van der Waals surface area contributed by atoms with Crippen molar-refractivity contribution < 1.29 is 19.0 Å². The molecule has 0 unspecified atom stereocenters. The van der Waals surface area contributed by atoms with Gasteiger partial charge in [-0.15, -0.1) is 0 Å². The number of hydrogen-bond donors (Lipinski definition) is 0. The van der Waals surface area contributed by atoms with Gasteiger partial charge < -0.3 is 14.2 Å². The SMILES string of the molecule is CCOC(=O)Cc1ccc(OCCCN2CCOCC2)cc1. The smallest absolute Gasteiger partial charge is 0.310 e. The molecule has 0 spiro atoms. The fourth-order valence-corrected chi connectivity index (χ4v) is 2.39. The highest BCUT2D eigenvalue weighted by Gasteiger charge is 2.09. The van der Waals surface area contributed by atoms with Crippen molar-refractivity contribution in [3.8, 4) is 5.75 Å². The van der Waals surface area contributed by atoms with Gasteiger partial charge in [0.15, 0.2) is 0 Å². The Balaban J connectivity index is 1.64. The van der Waals surface area contributed by atoms with Crippen molar-refractivity contribution in [2.75, 3.05) is 46.1 Å². The molecule has 0 saturated carbocycles. The van der Waals surface area contributed by atoms with Crippen molar-refractivity contribution in [1.29, 1.82) is 0 Å². The van der Waals surface area contributed by atoms with Crippen LogP contribution in [0.2, 0.25) is 0 Å². The molecule has 0 bridgehead atoms. The summed E-state index contributed by atoms with van der Waals surface area (Å²) in [5.41, 5.74) is 0.944. The predicted octanol–water partition coefficient (Wildman–Crippen LogP) is 1.89. The van der Waals surface area contributed by atoms with E-state index in [1.54, 1.807) is 0 Å². The van der Waals surface area contributed by atoms with Crippen LogP contribution in [0.15, 0.2) is 24.3 Å². The van der Waals surface area contributed by atoms with Gasteiger partial charge in [-0.05, 0) is 31.0 Å². The second-order valence-electron chi connectivity index (χ2n) is 5.28. The maximum absolute atomic E-state index is 11.4.